The molecule has 0 saturated heterocycles. The molecule has 0 unspecified atom stereocenters. The summed E-state index contributed by atoms with van der Waals surface area (Å²) in [6, 6.07) is 4.03. The second-order valence-electron chi connectivity index (χ2n) is 13.7. The van der Waals surface area contributed by atoms with Crippen molar-refractivity contribution in [1.82, 2.24) is 26.6 Å². The van der Waals surface area contributed by atoms with Gasteiger partial charge < -0.3 is 48.9 Å². The zero-order chi connectivity index (χ0) is 38.7. The number of carboxylic acid groups (broad SMARTS) is 1. The van der Waals surface area contributed by atoms with Crippen LogP contribution in [0.2, 0.25) is 0 Å². The first-order valence-electron chi connectivity index (χ1n) is 17.5. The van der Waals surface area contributed by atoms with Gasteiger partial charge in [-0.25, -0.2) is 4.79 Å². The van der Waals surface area contributed by atoms with Crippen molar-refractivity contribution in [3.63, 3.8) is 0 Å². The third-order valence-corrected chi connectivity index (χ3v) is 8.11. The van der Waals surface area contributed by atoms with E-state index in [-0.39, 0.29) is 55.9 Å². The molecule has 1 rings (SSSR count). The van der Waals surface area contributed by atoms with Crippen molar-refractivity contribution in [2.45, 2.75) is 110 Å². The third kappa shape index (κ3) is 17.7. The standard InChI is InChI=1S/C35H59N9O7/c1-7-22(6)29(44-32(48)26(16-20(2)3)42-30(46)24(36)18-23-12-9-8-10-13-23)33(49)40-19-28(45)41-25(14-11-15-39-35(37)38)31(47)43-27(34(50)51)17-21(4)5/h8-10,12-13,20-22,24-27,29H,7,11,14-19,36H2,1-6H3,(H,40,49)(H,41,45)(H,42,46)(H,43,47)(H,44,48)(H,50,51)(H4,37,38,39)/t22-,24-,25-,26-,27-,29-/m0/s1. The molecule has 0 aromatic heterocycles. The lowest BCUT2D eigenvalue weighted by Gasteiger charge is -2.28. The van der Waals surface area contributed by atoms with E-state index >= 15 is 0 Å². The molecule has 16 heteroatoms. The van der Waals surface area contributed by atoms with Gasteiger partial charge in [0.15, 0.2) is 5.96 Å². The Labute approximate surface area is 300 Å². The van der Waals surface area contributed by atoms with Crippen LogP contribution in [0.4, 0.5) is 0 Å². The smallest absolute Gasteiger partial charge is 0.326 e. The van der Waals surface area contributed by atoms with Crippen LogP contribution in [-0.2, 0) is 35.2 Å². The minimum atomic E-state index is -1.21. The molecular formula is C35H59N9O7. The van der Waals surface area contributed by atoms with Crippen molar-refractivity contribution in [1.29, 1.82) is 0 Å². The monoisotopic (exact) mass is 717 g/mol. The number of nitrogens with two attached hydrogens (primary N) is 3. The molecule has 0 spiro atoms. The molecule has 16 nitrogen and oxygen atoms in total. The molecule has 0 fully saturated rings. The number of hydrogen-bond donors (Lipinski definition) is 9. The lowest BCUT2D eigenvalue weighted by atomic mass is 9.96. The Bertz CT molecular complexity index is 1320. The van der Waals surface area contributed by atoms with Crippen LogP contribution in [0.3, 0.4) is 0 Å². The van der Waals surface area contributed by atoms with Crippen LogP contribution in [0.5, 0.6) is 0 Å². The van der Waals surface area contributed by atoms with Gasteiger partial charge in [0.2, 0.25) is 29.5 Å². The highest BCUT2D eigenvalue weighted by Gasteiger charge is 2.32. The van der Waals surface area contributed by atoms with Crippen molar-refractivity contribution in [2.75, 3.05) is 13.1 Å². The summed E-state index contributed by atoms with van der Waals surface area (Å²) >= 11 is 0. The van der Waals surface area contributed by atoms with Crippen LogP contribution < -0.4 is 43.8 Å². The lowest BCUT2D eigenvalue weighted by molar-refractivity contribution is -0.142. The van der Waals surface area contributed by atoms with Gasteiger partial charge in [0, 0.05) is 6.54 Å². The molecule has 0 heterocycles. The first-order chi connectivity index (χ1) is 23.9. The number of rotatable bonds is 23. The highest BCUT2D eigenvalue weighted by Crippen LogP contribution is 2.12. The molecule has 0 radical (unpaired) electrons. The second kappa shape index (κ2) is 22.9. The number of amides is 5. The quantitative estimate of drug-likeness (QED) is 0.0412. The SMILES string of the molecule is CC[C@H](C)[C@H](NC(=O)[C@H](CC(C)C)NC(=O)[C@@H](N)Cc1ccccc1)C(=O)NCC(=O)N[C@@H](CCCN=C(N)N)C(=O)N[C@@H](CC(C)C)C(=O)O. The molecule has 0 aliphatic carbocycles. The van der Waals surface area contributed by atoms with E-state index in [9.17, 15) is 33.9 Å². The Morgan fingerprint density at radius 3 is 1.88 bits per heavy atom. The summed E-state index contributed by atoms with van der Waals surface area (Å²) in [4.78, 5) is 81.6. The Morgan fingerprint density at radius 1 is 0.765 bits per heavy atom. The van der Waals surface area contributed by atoms with Gasteiger partial charge in [0.25, 0.3) is 0 Å². The summed E-state index contributed by atoms with van der Waals surface area (Å²) in [5.74, 6) is -4.84. The van der Waals surface area contributed by atoms with Crippen LogP contribution in [-0.4, -0.2) is 89.9 Å². The fraction of sp³-hybridized carbons (Fsp3) is 0.629. The second-order valence-corrected chi connectivity index (χ2v) is 13.7. The van der Waals surface area contributed by atoms with E-state index in [0.29, 0.717) is 12.8 Å². The number of carbonyl (C=O) groups excluding carboxylic acids is 5. The molecular weight excluding hydrogens is 658 g/mol. The Morgan fingerprint density at radius 2 is 1.33 bits per heavy atom. The summed E-state index contributed by atoms with van der Waals surface area (Å²) in [6.07, 6.45) is 1.63. The fourth-order valence-electron chi connectivity index (χ4n) is 5.16. The van der Waals surface area contributed by atoms with Gasteiger partial charge >= 0.3 is 5.97 Å². The van der Waals surface area contributed by atoms with Crippen LogP contribution in [0.25, 0.3) is 0 Å². The van der Waals surface area contributed by atoms with Gasteiger partial charge in [-0.15, -0.1) is 0 Å². The van der Waals surface area contributed by atoms with E-state index in [1.54, 1.807) is 6.92 Å². The van der Waals surface area contributed by atoms with Crippen LogP contribution in [0, 0.1) is 17.8 Å². The van der Waals surface area contributed by atoms with Crippen molar-refractivity contribution in [3.8, 4) is 0 Å². The molecule has 1 aromatic carbocycles. The van der Waals surface area contributed by atoms with Gasteiger partial charge in [0.05, 0.1) is 12.6 Å². The number of carbonyl (C=O) groups is 6. The van der Waals surface area contributed by atoms with Gasteiger partial charge in [-0.05, 0) is 55.4 Å². The van der Waals surface area contributed by atoms with Crippen molar-refractivity contribution >= 4 is 41.5 Å². The van der Waals surface area contributed by atoms with Gasteiger partial charge in [-0.2, -0.15) is 0 Å². The zero-order valence-electron chi connectivity index (χ0n) is 30.7. The minimum Gasteiger partial charge on any atom is -0.480 e. The normalized spacial score (nSPS) is 14.6. The highest BCUT2D eigenvalue weighted by atomic mass is 16.4. The molecule has 51 heavy (non-hydrogen) atoms. The summed E-state index contributed by atoms with van der Waals surface area (Å²) in [5.41, 5.74) is 17.8. The summed E-state index contributed by atoms with van der Waals surface area (Å²) in [5, 5.41) is 22.6. The van der Waals surface area contributed by atoms with Gasteiger partial charge in [-0.3, -0.25) is 29.0 Å². The highest BCUT2D eigenvalue weighted by molar-refractivity contribution is 5.95. The predicted molar refractivity (Wildman–Crippen MR) is 195 cm³/mol. The predicted octanol–water partition coefficient (Wildman–Crippen LogP) is -0.112. The van der Waals surface area contributed by atoms with Crippen molar-refractivity contribution in [2.24, 2.45) is 39.9 Å². The number of nitrogens with one attached hydrogen (secondary N) is 5. The number of aliphatic carboxylic acids is 1. The molecule has 0 aliphatic rings. The maximum atomic E-state index is 13.5. The van der Waals surface area contributed by atoms with E-state index in [1.807, 2.05) is 65.0 Å². The Kier molecular flexibility index (Phi) is 19.9. The number of nitrogens with zero attached hydrogens (tertiary/aromatic N) is 1. The molecule has 6 atom stereocenters. The van der Waals surface area contributed by atoms with Crippen molar-refractivity contribution in [3.05, 3.63) is 35.9 Å². The van der Waals surface area contributed by atoms with E-state index in [0.717, 1.165) is 5.56 Å². The van der Waals surface area contributed by atoms with Gasteiger partial charge in [-0.1, -0.05) is 78.3 Å². The zero-order valence-corrected chi connectivity index (χ0v) is 30.7. The third-order valence-electron chi connectivity index (χ3n) is 8.11. The molecule has 0 saturated carbocycles. The molecule has 12 N–H and O–H groups in total. The Hall–Kier alpha value is -4.73. The molecule has 0 bridgehead atoms. The van der Waals surface area contributed by atoms with Crippen LogP contribution >= 0.6 is 0 Å². The maximum Gasteiger partial charge on any atom is 0.326 e. The lowest BCUT2D eigenvalue weighted by Crippen LogP contribution is -2.58. The average Bonchev–Trinajstić information content (AvgIpc) is 3.06. The molecule has 1 aromatic rings. The number of carboxylic acids is 1. The first-order valence-corrected chi connectivity index (χ1v) is 17.5. The number of benzene rings is 1. The van der Waals surface area contributed by atoms with Crippen molar-refractivity contribution < 1.29 is 33.9 Å². The van der Waals surface area contributed by atoms with Crippen LogP contribution in [0.15, 0.2) is 35.3 Å². The molecule has 286 valence electrons. The van der Waals surface area contributed by atoms with E-state index in [2.05, 4.69) is 31.6 Å². The average molecular weight is 718 g/mol. The number of aliphatic imine (C=N–C) groups is 1. The fourth-order valence-corrected chi connectivity index (χ4v) is 5.16. The summed E-state index contributed by atoms with van der Waals surface area (Å²) in [6.45, 7) is 10.7. The van der Waals surface area contributed by atoms with E-state index in [4.69, 9.17) is 17.2 Å². The maximum absolute atomic E-state index is 13.5. The van der Waals surface area contributed by atoms with Gasteiger partial charge in [0.1, 0.15) is 24.2 Å². The van der Waals surface area contributed by atoms with Crippen LogP contribution in [0.1, 0.15) is 79.2 Å². The number of guanidine groups is 1. The minimum absolute atomic E-state index is 0.0201. The molecule has 0 aliphatic heterocycles. The topological polar surface area (TPSA) is 273 Å². The van der Waals surface area contributed by atoms with E-state index < -0.39 is 72.3 Å². The Balaban J connectivity index is 3.00. The largest absolute Gasteiger partial charge is 0.480 e. The molecule has 5 amide bonds. The summed E-state index contributed by atoms with van der Waals surface area (Å²) in [7, 11) is 0. The number of hydrogen-bond acceptors (Lipinski definition) is 8. The summed E-state index contributed by atoms with van der Waals surface area (Å²) < 4.78 is 0. The van der Waals surface area contributed by atoms with E-state index in [1.165, 1.54) is 0 Å². The first kappa shape index (κ1) is 44.3.